The summed E-state index contributed by atoms with van der Waals surface area (Å²) in [6.07, 6.45) is -0.275. The number of amides is 1. The first-order valence-corrected chi connectivity index (χ1v) is 10.5. The Hall–Kier alpha value is -3.59. The number of aliphatic carboxylic acids is 1. The normalized spacial score (nSPS) is 17.2. The van der Waals surface area contributed by atoms with E-state index in [-0.39, 0.29) is 18.4 Å². The van der Waals surface area contributed by atoms with E-state index in [0.717, 1.165) is 16.6 Å². The van der Waals surface area contributed by atoms with Gasteiger partial charge in [0.15, 0.2) is 5.65 Å². The van der Waals surface area contributed by atoms with E-state index in [4.69, 9.17) is 14.8 Å². The van der Waals surface area contributed by atoms with Gasteiger partial charge in [-0.25, -0.2) is 4.98 Å². The molecule has 4 rings (SSSR count). The molecule has 0 aliphatic carbocycles. The van der Waals surface area contributed by atoms with E-state index in [9.17, 15) is 9.59 Å². The molecule has 0 saturated carbocycles. The number of nitrogens with zero attached hydrogens (tertiary/aromatic N) is 4. The van der Waals surface area contributed by atoms with E-state index in [1.54, 1.807) is 6.92 Å². The number of carbonyl (C=O) groups excluding carboxylic acids is 1. The van der Waals surface area contributed by atoms with Gasteiger partial charge in [0, 0.05) is 18.0 Å². The molecule has 9 heteroatoms. The van der Waals surface area contributed by atoms with Crippen molar-refractivity contribution >= 4 is 34.7 Å². The van der Waals surface area contributed by atoms with Gasteiger partial charge in [-0.15, -0.1) is 0 Å². The summed E-state index contributed by atoms with van der Waals surface area (Å²) in [6, 6.07) is 13.7. The highest BCUT2D eigenvalue weighted by Gasteiger charge is 2.25. The zero-order chi connectivity index (χ0) is 22.7. The molecule has 1 saturated heterocycles. The Morgan fingerprint density at radius 3 is 2.69 bits per heavy atom. The fourth-order valence-electron chi connectivity index (χ4n) is 3.67. The van der Waals surface area contributed by atoms with Crippen molar-refractivity contribution in [3.8, 4) is 11.3 Å². The number of hydrogen-bond acceptors (Lipinski definition) is 7. The minimum Gasteiger partial charge on any atom is -0.481 e. The predicted molar refractivity (Wildman–Crippen MR) is 120 cm³/mol. The largest absolute Gasteiger partial charge is 0.481 e. The highest BCUT2D eigenvalue weighted by molar-refractivity contribution is 5.95. The molecule has 3 heterocycles. The number of anilines is 2. The Balaban J connectivity index is 1.77. The van der Waals surface area contributed by atoms with Crippen molar-refractivity contribution in [1.82, 2.24) is 15.0 Å². The van der Waals surface area contributed by atoms with Crippen LogP contribution in [-0.4, -0.2) is 57.7 Å². The number of carboxylic acids is 1. The van der Waals surface area contributed by atoms with E-state index in [0.29, 0.717) is 31.2 Å². The van der Waals surface area contributed by atoms with Crippen LogP contribution in [0.1, 0.15) is 20.3 Å². The number of hydrogen-bond donors (Lipinski definition) is 2. The predicted octanol–water partition coefficient (Wildman–Crippen LogP) is 2.97. The number of aromatic nitrogens is 3. The molecular formula is C23H25N5O4. The van der Waals surface area contributed by atoms with Crippen LogP contribution in [0.25, 0.3) is 22.3 Å². The lowest BCUT2D eigenvalue weighted by molar-refractivity contribution is -0.139. The first-order valence-electron chi connectivity index (χ1n) is 10.5. The lowest BCUT2D eigenvalue weighted by Gasteiger charge is -2.34. The molecule has 1 aromatic carbocycles. The van der Waals surface area contributed by atoms with Crippen LogP contribution in [0.5, 0.6) is 0 Å². The summed E-state index contributed by atoms with van der Waals surface area (Å²) in [5.41, 5.74) is 2.17. The van der Waals surface area contributed by atoms with Crippen LogP contribution in [0.15, 0.2) is 42.5 Å². The molecule has 2 aromatic heterocycles. The van der Waals surface area contributed by atoms with Crippen LogP contribution in [0.3, 0.4) is 0 Å². The lowest BCUT2D eigenvalue weighted by Crippen LogP contribution is -2.44. The Kier molecular flexibility index (Phi) is 6.27. The number of rotatable bonds is 6. The second kappa shape index (κ2) is 9.27. The summed E-state index contributed by atoms with van der Waals surface area (Å²) in [6.45, 7) is 5.39. The second-order valence-electron chi connectivity index (χ2n) is 7.91. The van der Waals surface area contributed by atoms with Gasteiger partial charge >= 0.3 is 5.97 Å². The molecule has 1 aliphatic heterocycles. The molecule has 0 spiro atoms. The standard InChI is InChI=1S/C23H25N5O4/c1-14(12-19(29)30)22(31)27-23-25-20-17(21(26-23)28-10-11-32-13-15(28)2)8-9-18(24-20)16-6-4-3-5-7-16/h3-9,14-15H,10-13H2,1-2H3,(H,29,30)(H,24,25,26,27,31)/t14?,15-/m0/s1. The molecule has 0 bridgehead atoms. The molecule has 1 aliphatic rings. The number of morpholine rings is 1. The van der Waals surface area contributed by atoms with E-state index in [1.165, 1.54) is 0 Å². The van der Waals surface area contributed by atoms with Crippen LogP contribution in [0.2, 0.25) is 0 Å². The average Bonchev–Trinajstić information content (AvgIpc) is 2.78. The van der Waals surface area contributed by atoms with Crippen molar-refractivity contribution in [2.45, 2.75) is 26.3 Å². The zero-order valence-electron chi connectivity index (χ0n) is 18.0. The monoisotopic (exact) mass is 435 g/mol. The molecule has 0 radical (unpaired) electrons. The van der Waals surface area contributed by atoms with Crippen LogP contribution < -0.4 is 10.2 Å². The van der Waals surface area contributed by atoms with Gasteiger partial charge in [0.25, 0.3) is 0 Å². The minimum atomic E-state index is -1.04. The summed E-state index contributed by atoms with van der Waals surface area (Å²) in [5, 5.41) is 12.4. The van der Waals surface area contributed by atoms with Crippen LogP contribution in [-0.2, 0) is 14.3 Å². The molecule has 1 amide bonds. The van der Waals surface area contributed by atoms with Gasteiger partial charge in [0.05, 0.1) is 36.8 Å². The van der Waals surface area contributed by atoms with E-state index in [2.05, 4.69) is 20.2 Å². The zero-order valence-corrected chi connectivity index (χ0v) is 18.0. The molecule has 32 heavy (non-hydrogen) atoms. The van der Waals surface area contributed by atoms with Crippen molar-refractivity contribution < 1.29 is 19.4 Å². The number of nitrogens with one attached hydrogen (secondary N) is 1. The van der Waals surface area contributed by atoms with Gasteiger partial charge in [0.1, 0.15) is 5.82 Å². The van der Waals surface area contributed by atoms with Crippen molar-refractivity contribution in [2.24, 2.45) is 5.92 Å². The summed E-state index contributed by atoms with van der Waals surface area (Å²) in [7, 11) is 0. The van der Waals surface area contributed by atoms with Crippen molar-refractivity contribution in [2.75, 3.05) is 30.0 Å². The van der Waals surface area contributed by atoms with Crippen molar-refractivity contribution in [3.05, 3.63) is 42.5 Å². The first-order chi connectivity index (χ1) is 15.4. The number of carbonyl (C=O) groups is 2. The Morgan fingerprint density at radius 1 is 1.19 bits per heavy atom. The lowest BCUT2D eigenvalue weighted by atomic mass is 10.1. The number of pyridine rings is 1. The maximum atomic E-state index is 12.5. The van der Waals surface area contributed by atoms with Gasteiger partial charge in [-0.05, 0) is 19.1 Å². The smallest absolute Gasteiger partial charge is 0.304 e. The molecule has 2 atom stereocenters. The quantitative estimate of drug-likeness (QED) is 0.607. The molecule has 2 N–H and O–H groups in total. The third kappa shape index (κ3) is 4.67. The summed E-state index contributed by atoms with van der Waals surface area (Å²) >= 11 is 0. The molecule has 1 unspecified atom stereocenters. The van der Waals surface area contributed by atoms with E-state index < -0.39 is 17.8 Å². The highest BCUT2D eigenvalue weighted by Crippen LogP contribution is 2.29. The molecule has 166 valence electrons. The van der Waals surface area contributed by atoms with Gasteiger partial charge in [0.2, 0.25) is 11.9 Å². The van der Waals surface area contributed by atoms with Gasteiger partial charge in [-0.2, -0.15) is 9.97 Å². The summed E-state index contributed by atoms with van der Waals surface area (Å²) < 4.78 is 5.56. The van der Waals surface area contributed by atoms with Gasteiger partial charge in [-0.3, -0.25) is 14.9 Å². The number of benzene rings is 1. The van der Waals surface area contributed by atoms with E-state index >= 15 is 0 Å². The third-order valence-corrected chi connectivity index (χ3v) is 5.41. The maximum absolute atomic E-state index is 12.5. The topological polar surface area (TPSA) is 118 Å². The van der Waals surface area contributed by atoms with Gasteiger partial charge in [-0.1, -0.05) is 37.3 Å². The minimum absolute atomic E-state index is 0.0881. The first kappa shape index (κ1) is 21.6. The average molecular weight is 435 g/mol. The Labute approximate surface area is 185 Å². The second-order valence-corrected chi connectivity index (χ2v) is 7.91. The maximum Gasteiger partial charge on any atom is 0.304 e. The molecule has 1 fully saturated rings. The summed E-state index contributed by atoms with van der Waals surface area (Å²) in [5.74, 6) is -1.44. The Morgan fingerprint density at radius 2 is 1.97 bits per heavy atom. The van der Waals surface area contributed by atoms with Crippen molar-refractivity contribution in [1.29, 1.82) is 0 Å². The van der Waals surface area contributed by atoms with Crippen LogP contribution in [0, 0.1) is 5.92 Å². The third-order valence-electron chi connectivity index (χ3n) is 5.41. The molecule has 9 nitrogen and oxygen atoms in total. The van der Waals surface area contributed by atoms with E-state index in [1.807, 2.05) is 49.4 Å². The molecular weight excluding hydrogens is 410 g/mol. The van der Waals surface area contributed by atoms with Crippen LogP contribution >= 0.6 is 0 Å². The highest BCUT2D eigenvalue weighted by atomic mass is 16.5. The fourth-order valence-corrected chi connectivity index (χ4v) is 3.67. The number of fused-ring (bicyclic) bond motifs is 1. The number of ether oxygens (including phenoxy) is 1. The van der Waals surface area contributed by atoms with Crippen molar-refractivity contribution in [3.63, 3.8) is 0 Å². The van der Waals surface area contributed by atoms with Crippen LogP contribution in [0.4, 0.5) is 11.8 Å². The number of carboxylic acid groups (broad SMARTS) is 1. The van der Waals surface area contributed by atoms with Gasteiger partial charge < -0.3 is 14.7 Å². The Bertz CT molecular complexity index is 1140. The SMILES string of the molecule is CC(CC(=O)O)C(=O)Nc1nc(N2CCOC[C@@H]2C)c2ccc(-c3ccccc3)nc2n1. The molecule has 3 aromatic rings. The fraction of sp³-hybridized carbons (Fsp3) is 0.348. The summed E-state index contributed by atoms with van der Waals surface area (Å²) in [4.78, 5) is 39.4.